The summed E-state index contributed by atoms with van der Waals surface area (Å²) in [6.07, 6.45) is 2.28. The number of hydrogen-bond donors (Lipinski definition) is 1. The normalized spacial score (nSPS) is 16.4. The molecule has 1 aromatic carbocycles. The van der Waals surface area contributed by atoms with Gasteiger partial charge >= 0.3 is 0 Å². The fourth-order valence-corrected chi connectivity index (χ4v) is 3.02. The molecule has 1 N–H and O–H groups in total. The van der Waals surface area contributed by atoms with Gasteiger partial charge in [-0.2, -0.15) is 0 Å². The van der Waals surface area contributed by atoms with Crippen molar-refractivity contribution >= 4 is 17.5 Å². The number of hydrogen-bond acceptors (Lipinski definition) is 4. The molecular formula is C17H19ClN2O3. The molecule has 1 aromatic heterocycles. The average Bonchev–Trinajstić information content (AvgIpc) is 3.01. The number of amides is 1. The first-order valence-electron chi connectivity index (χ1n) is 7.81. The lowest BCUT2D eigenvalue weighted by atomic mass is 10.0. The molecule has 1 fully saturated rings. The molecule has 6 heteroatoms. The van der Waals surface area contributed by atoms with E-state index < -0.39 is 6.10 Å². The number of carbonyl (C=O) groups excluding carboxylic acids is 1. The Morgan fingerprint density at radius 2 is 1.91 bits per heavy atom. The van der Waals surface area contributed by atoms with Crippen molar-refractivity contribution < 1.29 is 14.4 Å². The van der Waals surface area contributed by atoms with Crippen LogP contribution in [0.5, 0.6) is 0 Å². The topological polar surface area (TPSA) is 66.6 Å². The van der Waals surface area contributed by atoms with Gasteiger partial charge in [0.15, 0.2) is 0 Å². The van der Waals surface area contributed by atoms with Crippen molar-refractivity contribution in [3.63, 3.8) is 0 Å². The maximum absolute atomic E-state index is 12.7. The number of nitrogens with zero attached hydrogens (tertiary/aromatic N) is 2. The molecule has 1 aliphatic heterocycles. The zero-order valence-electron chi connectivity index (χ0n) is 13.0. The van der Waals surface area contributed by atoms with Gasteiger partial charge in [0.1, 0.15) is 5.69 Å². The second-order valence-corrected chi connectivity index (χ2v) is 6.25. The second kappa shape index (κ2) is 6.72. The Labute approximate surface area is 139 Å². The van der Waals surface area contributed by atoms with E-state index in [1.807, 2.05) is 0 Å². The number of benzene rings is 1. The lowest BCUT2D eigenvalue weighted by Gasteiger charge is -2.26. The van der Waals surface area contributed by atoms with Crippen LogP contribution in [-0.4, -0.2) is 34.2 Å². The zero-order chi connectivity index (χ0) is 16.4. The maximum atomic E-state index is 12.7. The van der Waals surface area contributed by atoms with Gasteiger partial charge in [-0.15, -0.1) is 0 Å². The van der Waals surface area contributed by atoms with Crippen molar-refractivity contribution in [2.45, 2.75) is 32.3 Å². The predicted octanol–water partition coefficient (Wildman–Crippen LogP) is 3.67. The zero-order valence-corrected chi connectivity index (χ0v) is 13.7. The number of likely N-dealkylation sites (tertiary alicyclic amines) is 1. The number of carbonyl (C=O) groups is 1. The molecule has 122 valence electrons. The van der Waals surface area contributed by atoms with Gasteiger partial charge in [0.25, 0.3) is 5.91 Å². The maximum Gasteiger partial charge on any atom is 0.292 e. The van der Waals surface area contributed by atoms with E-state index >= 15 is 0 Å². The van der Waals surface area contributed by atoms with Crippen molar-refractivity contribution in [3.8, 4) is 11.3 Å². The Morgan fingerprint density at radius 3 is 2.52 bits per heavy atom. The highest BCUT2D eigenvalue weighted by atomic mass is 35.5. The van der Waals surface area contributed by atoms with Crippen LogP contribution in [0.1, 0.15) is 48.4 Å². The van der Waals surface area contributed by atoms with Crippen LogP contribution in [0.3, 0.4) is 0 Å². The minimum atomic E-state index is -0.851. The van der Waals surface area contributed by atoms with Crippen LogP contribution in [0.2, 0.25) is 5.02 Å². The first-order valence-corrected chi connectivity index (χ1v) is 8.18. The van der Waals surface area contributed by atoms with Gasteiger partial charge < -0.3 is 14.5 Å². The number of aliphatic hydroxyl groups excluding tert-OH is 1. The molecule has 0 bridgehead atoms. The van der Waals surface area contributed by atoms with Gasteiger partial charge in [0, 0.05) is 23.7 Å². The first kappa shape index (κ1) is 16.0. The van der Waals surface area contributed by atoms with Crippen LogP contribution in [0, 0.1) is 0 Å². The summed E-state index contributed by atoms with van der Waals surface area (Å²) in [5.41, 5.74) is 1.67. The lowest BCUT2D eigenvalue weighted by Crippen LogP contribution is -2.36. The van der Waals surface area contributed by atoms with E-state index in [0.29, 0.717) is 16.3 Å². The molecule has 1 atom stereocenters. The van der Waals surface area contributed by atoms with Gasteiger partial charge in [-0.3, -0.25) is 4.79 Å². The smallest absolute Gasteiger partial charge is 0.292 e. The summed E-state index contributed by atoms with van der Waals surface area (Å²) in [7, 11) is 0. The van der Waals surface area contributed by atoms with Crippen molar-refractivity contribution in [2.24, 2.45) is 0 Å². The van der Waals surface area contributed by atoms with Crippen molar-refractivity contribution in [1.29, 1.82) is 0 Å². The molecule has 0 radical (unpaired) electrons. The summed E-state index contributed by atoms with van der Waals surface area (Å²) in [5, 5.41) is 14.8. The lowest BCUT2D eigenvalue weighted by molar-refractivity contribution is 0.0674. The Bertz CT molecular complexity index is 688. The number of aromatic nitrogens is 1. The molecule has 0 aliphatic carbocycles. The highest BCUT2D eigenvalue weighted by Gasteiger charge is 2.30. The molecular weight excluding hydrogens is 316 g/mol. The summed E-state index contributed by atoms with van der Waals surface area (Å²) < 4.78 is 5.32. The summed E-state index contributed by atoms with van der Waals surface area (Å²) >= 11 is 5.90. The summed E-state index contributed by atoms with van der Waals surface area (Å²) in [6, 6.07) is 7.06. The highest BCUT2D eigenvalue weighted by molar-refractivity contribution is 6.30. The fraction of sp³-hybridized carbons (Fsp3) is 0.412. The SMILES string of the molecule is C[C@H](O)c1c(-c2ccc(Cl)cc2)noc1C(=O)N1CCCCC1. The van der Waals surface area contributed by atoms with Crippen molar-refractivity contribution in [3.05, 3.63) is 40.6 Å². The molecule has 0 spiro atoms. The Hall–Kier alpha value is -1.85. The highest BCUT2D eigenvalue weighted by Crippen LogP contribution is 2.32. The monoisotopic (exact) mass is 334 g/mol. The Morgan fingerprint density at radius 1 is 1.26 bits per heavy atom. The van der Waals surface area contributed by atoms with Gasteiger partial charge in [0.2, 0.25) is 5.76 Å². The standard InChI is InChI=1S/C17H19ClN2O3/c1-11(21)14-15(12-5-7-13(18)8-6-12)19-23-16(14)17(22)20-9-3-2-4-10-20/h5-8,11,21H,2-4,9-10H2,1H3/t11-/m0/s1. The van der Waals surface area contributed by atoms with E-state index in [9.17, 15) is 9.90 Å². The van der Waals surface area contributed by atoms with E-state index in [1.54, 1.807) is 36.1 Å². The van der Waals surface area contributed by atoms with E-state index in [4.69, 9.17) is 16.1 Å². The van der Waals surface area contributed by atoms with Crippen LogP contribution in [-0.2, 0) is 0 Å². The van der Waals surface area contributed by atoms with E-state index in [0.717, 1.165) is 37.9 Å². The predicted molar refractivity (Wildman–Crippen MR) is 87.3 cm³/mol. The molecule has 23 heavy (non-hydrogen) atoms. The van der Waals surface area contributed by atoms with Gasteiger partial charge in [-0.25, -0.2) is 0 Å². The minimum Gasteiger partial charge on any atom is -0.388 e. The van der Waals surface area contributed by atoms with E-state index in [-0.39, 0.29) is 11.7 Å². The number of rotatable bonds is 3. The van der Waals surface area contributed by atoms with Crippen molar-refractivity contribution in [1.82, 2.24) is 10.1 Å². The molecule has 1 amide bonds. The van der Waals surface area contributed by atoms with Crippen LogP contribution in [0.4, 0.5) is 0 Å². The van der Waals surface area contributed by atoms with Gasteiger partial charge in [-0.05, 0) is 38.3 Å². The molecule has 1 saturated heterocycles. The van der Waals surface area contributed by atoms with Crippen LogP contribution in [0.25, 0.3) is 11.3 Å². The largest absolute Gasteiger partial charge is 0.388 e. The molecule has 2 aromatic rings. The quantitative estimate of drug-likeness (QED) is 0.930. The van der Waals surface area contributed by atoms with Crippen LogP contribution in [0.15, 0.2) is 28.8 Å². The Balaban J connectivity index is 1.98. The summed E-state index contributed by atoms with van der Waals surface area (Å²) in [4.78, 5) is 14.4. The van der Waals surface area contributed by atoms with E-state index in [1.165, 1.54) is 0 Å². The van der Waals surface area contributed by atoms with Gasteiger partial charge in [0.05, 0.1) is 11.7 Å². The van der Waals surface area contributed by atoms with Crippen LogP contribution >= 0.6 is 11.6 Å². The molecule has 3 rings (SSSR count). The minimum absolute atomic E-state index is 0.131. The third-order valence-electron chi connectivity index (χ3n) is 4.10. The summed E-state index contributed by atoms with van der Waals surface area (Å²) in [6.45, 7) is 3.04. The van der Waals surface area contributed by atoms with Crippen molar-refractivity contribution in [2.75, 3.05) is 13.1 Å². The molecule has 5 nitrogen and oxygen atoms in total. The summed E-state index contributed by atoms with van der Waals surface area (Å²) in [5.74, 6) is -0.0693. The molecule has 0 unspecified atom stereocenters. The molecule has 0 saturated carbocycles. The Kier molecular flexibility index (Phi) is 4.68. The third kappa shape index (κ3) is 3.26. The molecule has 1 aliphatic rings. The number of halogens is 1. The number of aliphatic hydroxyl groups is 1. The molecule has 2 heterocycles. The van der Waals surface area contributed by atoms with E-state index in [2.05, 4.69) is 5.16 Å². The second-order valence-electron chi connectivity index (χ2n) is 5.81. The van der Waals surface area contributed by atoms with Gasteiger partial charge in [-0.1, -0.05) is 28.9 Å². The third-order valence-corrected chi connectivity index (χ3v) is 4.35. The van der Waals surface area contributed by atoms with Crippen LogP contribution < -0.4 is 0 Å². The number of piperidine rings is 1. The average molecular weight is 335 g/mol. The fourth-order valence-electron chi connectivity index (χ4n) is 2.90. The first-order chi connectivity index (χ1) is 11.1.